The summed E-state index contributed by atoms with van der Waals surface area (Å²) in [6.45, 7) is 0.576. The highest BCUT2D eigenvalue weighted by molar-refractivity contribution is 6.21. The molecule has 0 saturated heterocycles. The van der Waals surface area contributed by atoms with E-state index >= 15 is 0 Å². The van der Waals surface area contributed by atoms with Gasteiger partial charge in [-0.3, -0.25) is 19.3 Å². The Kier molecular flexibility index (Phi) is 4.85. The number of rotatable bonds is 6. The Bertz CT molecular complexity index is 1200. The highest BCUT2D eigenvalue weighted by Gasteiger charge is 2.44. The Balaban J connectivity index is 1.26. The number of imide groups is 1. The molecule has 1 aliphatic carbocycles. The summed E-state index contributed by atoms with van der Waals surface area (Å²) in [5.74, 6) is -1.14. The Morgan fingerprint density at radius 3 is 2.19 bits per heavy atom. The average Bonchev–Trinajstić information content (AvgIpc) is 3.57. The summed E-state index contributed by atoms with van der Waals surface area (Å²) in [5, 5.41) is 2.99. The van der Waals surface area contributed by atoms with Crippen LogP contribution in [0.5, 0.6) is 0 Å². The minimum Gasteiger partial charge on any atom is -0.351 e. The van der Waals surface area contributed by atoms with Crippen molar-refractivity contribution in [3.05, 3.63) is 106 Å². The van der Waals surface area contributed by atoms with Crippen LogP contribution < -0.4 is 5.32 Å². The van der Waals surface area contributed by atoms with Crippen LogP contribution in [0.25, 0.3) is 0 Å². The predicted octanol–water partition coefficient (Wildman–Crippen LogP) is 4.08. The molecule has 1 N–H and O–H groups in total. The van der Waals surface area contributed by atoms with E-state index in [0.717, 1.165) is 18.4 Å². The molecule has 1 saturated carbocycles. The first-order valence-corrected chi connectivity index (χ1v) is 10.6. The van der Waals surface area contributed by atoms with E-state index in [2.05, 4.69) is 5.32 Å². The van der Waals surface area contributed by atoms with E-state index in [4.69, 9.17) is 0 Å². The smallest absolute Gasteiger partial charge is 0.261 e. The molecular formula is C26H21FN2O3. The summed E-state index contributed by atoms with van der Waals surface area (Å²) < 4.78 is 13.2. The number of hydrogen-bond acceptors (Lipinski definition) is 3. The van der Waals surface area contributed by atoms with Crippen molar-refractivity contribution >= 4 is 17.7 Å². The van der Waals surface area contributed by atoms with Gasteiger partial charge in [0.25, 0.3) is 17.7 Å². The maximum Gasteiger partial charge on any atom is 0.261 e. The van der Waals surface area contributed by atoms with Crippen molar-refractivity contribution in [2.45, 2.75) is 24.8 Å². The van der Waals surface area contributed by atoms with Gasteiger partial charge in [-0.25, -0.2) is 4.39 Å². The number of hydrogen-bond donors (Lipinski definition) is 1. The van der Waals surface area contributed by atoms with Crippen molar-refractivity contribution in [2.24, 2.45) is 0 Å². The van der Waals surface area contributed by atoms with Gasteiger partial charge in [0.2, 0.25) is 0 Å². The molecule has 3 aromatic carbocycles. The van der Waals surface area contributed by atoms with Crippen molar-refractivity contribution in [3.8, 4) is 0 Å². The molecule has 32 heavy (non-hydrogen) atoms. The highest BCUT2D eigenvalue weighted by atomic mass is 19.1. The standard InChI is InChI=1S/C26H21FN2O3/c27-20-10-8-19(9-11-20)26(12-13-26)16-28-23(30)18-5-3-4-17(14-18)15-29-24(31)21-6-1-2-7-22(21)25(29)32/h1-11,14H,12-13,15-16H2,(H,28,30). The molecule has 3 amide bonds. The fourth-order valence-electron chi connectivity index (χ4n) is 4.25. The number of nitrogens with zero attached hydrogens (tertiary/aromatic N) is 1. The summed E-state index contributed by atoms with van der Waals surface area (Å²) in [6.07, 6.45) is 1.89. The Morgan fingerprint density at radius 1 is 0.906 bits per heavy atom. The van der Waals surface area contributed by atoms with Gasteiger partial charge in [-0.1, -0.05) is 36.4 Å². The third-order valence-electron chi connectivity index (χ3n) is 6.31. The Morgan fingerprint density at radius 2 is 1.56 bits per heavy atom. The minimum atomic E-state index is -0.324. The van der Waals surface area contributed by atoms with Gasteiger partial charge < -0.3 is 5.32 Å². The zero-order valence-corrected chi connectivity index (χ0v) is 17.3. The molecule has 2 aliphatic rings. The third-order valence-corrected chi connectivity index (χ3v) is 6.31. The van der Waals surface area contributed by atoms with Crippen molar-refractivity contribution < 1.29 is 18.8 Å². The van der Waals surface area contributed by atoms with Crippen LogP contribution in [0.3, 0.4) is 0 Å². The second-order valence-corrected chi connectivity index (χ2v) is 8.41. The highest BCUT2D eigenvalue weighted by Crippen LogP contribution is 2.47. The quantitative estimate of drug-likeness (QED) is 0.602. The number of fused-ring (bicyclic) bond motifs is 1. The van der Waals surface area contributed by atoms with E-state index in [1.807, 2.05) is 0 Å². The average molecular weight is 428 g/mol. The van der Waals surface area contributed by atoms with Crippen LogP contribution in [0.2, 0.25) is 0 Å². The molecule has 3 aromatic rings. The van der Waals surface area contributed by atoms with Crippen LogP contribution in [-0.4, -0.2) is 29.2 Å². The molecule has 0 bridgehead atoms. The molecule has 5 rings (SSSR count). The van der Waals surface area contributed by atoms with Crippen LogP contribution >= 0.6 is 0 Å². The van der Waals surface area contributed by atoms with Crippen molar-refractivity contribution in [1.29, 1.82) is 0 Å². The first kappa shape index (κ1) is 20.1. The van der Waals surface area contributed by atoms with Crippen LogP contribution in [0.15, 0.2) is 72.8 Å². The summed E-state index contributed by atoms with van der Waals surface area (Å²) in [6, 6.07) is 20.1. The van der Waals surface area contributed by atoms with Gasteiger partial charge in [-0.05, 0) is 60.4 Å². The van der Waals surface area contributed by atoms with Crippen LogP contribution in [0, 0.1) is 5.82 Å². The molecule has 6 heteroatoms. The van der Waals surface area contributed by atoms with Crippen molar-refractivity contribution in [2.75, 3.05) is 6.54 Å². The lowest BCUT2D eigenvalue weighted by atomic mass is 9.96. The van der Waals surface area contributed by atoms with Gasteiger partial charge in [0.05, 0.1) is 17.7 Å². The van der Waals surface area contributed by atoms with E-state index in [1.165, 1.54) is 17.0 Å². The fraction of sp³-hybridized carbons (Fsp3) is 0.192. The number of carbonyl (C=O) groups is 3. The number of halogens is 1. The molecule has 1 aliphatic heterocycles. The van der Waals surface area contributed by atoms with Crippen LogP contribution in [0.1, 0.15) is 55.0 Å². The minimum absolute atomic E-state index is 0.104. The summed E-state index contributed by atoms with van der Waals surface area (Å²) in [7, 11) is 0. The van der Waals surface area contributed by atoms with Crippen molar-refractivity contribution in [3.63, 3.8) is 0 Å². The molecular weight excluding hydrogens is 407 g/mol. The number of amides is 3. The molecule has 1 fully saturated rings. The molecule has 0 unspecified atom stereocenters. The maximum absolute atomic E-state index is 13.2. The monoisotopic (exact) mass is 428 g/mol. The SMILES string of the molecule is O=C(NCC1(c2ccc(F)cc2)CC1)c1cccc(CN2C(=O)c3ccccc3C2=O)c1. The molecule has 160 valence electrons. The lowest BCUT2D eigenvalue weighted by molar-refractivity contribution is 0.0642. The van der Waals surface area contributed by atoms with Gasteiger partial charge in [-0.2, -0.15) is 0 Å². The van der Waals surface area contributed by atoms with Crippen molar-refractivity contribution in [1.82, 2.24) is 10.2 Å². The summed E-state index contributed by atoms with van der Waals surface area (Å²) >= 11 is 0. The number of nitrogens with one attached hydrogen (secondary N) is 1. The largest absolute Gasteiger partial charge is 0.351 e. The first-order valence-electron chi connectivity index (χ1n) is 10.6. The van der Waals surface area contributed by atoms with Gasteiger partial charge >= 0.3 is 0 Å². The molecule has 0 radical (unpaired) electrons. The molecule has 0 spiro atoms. The maximum atomic E-state index is 13.2. The van der Waals surface area contributed by atoms with E-state index in [1.54, 1.807) is 60.7 Å². The topological polar surface area (TPSA) is 66.5 Å². The van der Waals surface area contributed by atoms with Gasteiger partial charge in [0.1, 0.15) is 5.82 Å². The van der Waals surface area contributed by atoms with E-state index in [9.17, 15) is 18.8 Å². The summed E-state index contributed by atoms with van der Waals surface area (Å²) in [5.41, 5.74) is 2.87. The van der Waals surface area contributed by atoms with E-state index < -0.39 is 0 Å². The Labute approximate surface area is 184 Å². The Hall–Kier alpha value is -3.80. The van der Waals surface area contributed by atoms with Crippen LogP contribution in [-0.2, 0) is 12.0 Å². The van der Waals surface area contributed by atoms with E-state index in [0.29, 0.717) is 28.8 Å². The second kappa shape index (κ2) is 7.71. The fourth-order valence-corrected chi connectivity index (χ4v) is 4.25. The second-order valence-electron chi connectivity index (χ2n) is 8.41. The third kappa shape index (κ3) is 3.58. The van der Waals surface area contributed by atoms with Gasteiger partial charge in [-0.15, -0.1) is 0 Å². The van der Waals surface area contributed by atoms with Gasteiger partial charge in [0.15, 0.2) is 0 Å². The summed E-state index contributed by atoms with van der Waals surface area (Å²) in [4.78, 5) is 39.2. The molecule has 0 atom stereocenters. The molecule has 5 nitrogen and oxygen atoms in total. The number of benzene rings is 3. The zero-order valence-electron chi connectivity index (χ0n) is 17.3. The first-order chi connectivity index (χ1) is 15.5. The molecule has 0 aromatic heterocycles. The van der Waals surface area contributed by atoms with Gasteiger partial charge in [0, 0.05) is 17.5 Å². The molecule has 1 heterocycles. The lowest BCUT2D eigenvalue weighted by Gasteiger charge is -2.17. The lowest BCUT2D eigenvalue weighted by Crippen LogP contribution is -2.32. The number of carbonyl (C=O) groups excluding carboxylic acids is 3. The zero-order chi connectivity index (χ0) is 22.3. The predicted molar refractivity (Wildman–Crippen MR) is 117 cm³/mol. The van der Waals surface area contributed by atoms with E-state index in [-0.39, 0.29) is 35.5 Å². The normalized spacial score (nSPS) is 16.1. The van der Waals surface area contributed by atoms with Crippen LogP contribution in [0.4, 0.5) is 4.39 Å².